The summed E-state index contributed by atoms with van der Waals surface area (Å²) in [4.78, 5) is 0. The molecule has 2 rings (SSSR count). The molecule has 0 aliphatic heterocycles. The molecule has 2 aromatic rings. The zero-order chi connectivity index (χ0) is 16.7. The van der Waals surface area contributed by atoms with Gasteiger partial charge in [0.15, 0.2) is 9.84 Å². The van der Waals surface area contributed by atoms with E-state index in [1.54, 1.807) is 74.9 Å². The molecule has 0 fully saturated rings. The Morgan fingerprint density at radius 2 is 1.04 bits per heavy atom. The molecule has 0 amide bonds. The smallest absolute Gasteiger partial charge is 0.193 e. The fourth-order valence-electron chi connectivity index (χ4n) is 1.82. The lowest BCUT2D eigenvalue weighted by atomic mass is 10.2. The van der Waals surface area contributed by atoms with Gasteiger partial charge in [0.05, 0.1) is 14.2 Å². The maximum atomic E-state index is 12.0. The van der Waals surface area contributed by atoms with Crippen LogP contribution in [-0.2, 0) is 9.84 Å². The second-order valence-electron chi connectivity index (χ2n) is 4.74. The minimum atomic E-state index is -3.43. The molecule has 0 unspecified atom stereocenters. The van der Waals surface area contributed by atoms with Crippen LogP contribution in [0.5, 0.6) is 11.5 Å². The van der Waals surface area contributed by atoms with Crippen molar-refractivity contribution in [2.45, 2.75) is 0 Å². The number of rotatable bonds is 6. The molecule has 2 aromatic carbocycles. The van der Waals surface area contributed by atoms with Crippen molar-refractivity contribution in [3.05, 3.63) is 70.5 Å². The molecule has 4 nitrogen and oxygen atoms in total. The Labute approximate surface area is 136 Å². The van der Waals surface area contributed by atoms with Crippen molar-refractivity contribution in [1.82, 2.24) is 0 Å². The van der Waals surface area contributed by atoms with Crippen molar-refractivity contribution in [2.75, 3.05) is 14.2 Å². The molecule has 0 bridgehead atoms. The first-order valence-corrected chi connectivity index (χ1v) is 8.53. The molecule has 5 heteroatoms. The lowest BCUT2D eigenvalue weighted by Gasteiger charge is -1.99. The monoisotopic (exact) mass is 330 g/mol. The van der Waals surface area contributed by atoms with Crippen LogP contribution in [0.3, 0.4) is 0 Å². The van der Waals surface area contributed by atoms with Crippen molar-refractivity contribution < 1.29 is 17.9 Å². The summed E-state index contributed by atoms with van der Waals surface area (Å²) in [5.41, 5.74) is 1.57. The highest BCUT2D eigenvalue weighted by molar-refractivity contribution is 7.97. The first kappa shape index (κ1) is 16.8. The second kappa shape index (κ2) is 7.65. The largest absolute Gasteiger partial charge is 0.497 e. The van der Waals surface area contributed by atoms with Crippen LogP contribution in [0, 0.1) is 0 Å². The molecule has 0 N–H and O–H groups in total. The Balaban J connectivity index is 2.07. The van der Waals surface area contributed by atoms with Crippen LogP contribution in [0.1, 0.15) is 11.1 Å². The highest BCUT2D eigenvalue weighted by atomic mass is 32.2. The zero-order valence-corrected chi connectivity index (χ0v) is 13.8. The fraction of sp³-hybridized carbons (Fsp3) is 0.111. The van der Waals surface area contributed by atoms with Gasteiger partial charge in [-0.15, -0.1) is 0 Å². The molecule has 23 heavy (non-hydrogen) atoms. The number of hydrogen-bond acceptors (Lipinski definition) is 4. The Hall–Kier alpha value is -2.53. The lowest BCUT2D eigenvalue weighted by molar-refractivity contribution is 0.414. The van der Waals surface area contributed by atoms with Crippen molar-refractivity contribution in [3.63, 3.8) is 0 Å². The van der Waals surface area contributed by atoms with E-state index in [4.69, 9.17) is 9.47 Å². The minimum Gasteiger partial charge on any atom is -0.497 e. The molecule has 0 saturated heterocycles. The molecule has 120 valence electrons. The Bertz CT molecular complexity index is 722. The summed E-state index contributed by atoms with van der Waals surface area (Å²) in [6.07, 6.45) is 3.10. The van der Waals surface area contributed by atoms with Gasteiger partial charge < -0.3 is 9.47 Å². The van der Waals surface area contributed by atoms with E-state index in [-0.39, 0.29) is 0 Å². The van der Waals surface area contributed by atoms with Crippen LogP contribution in [0.2, 0.25) is 0 Å². The molecule has 0 aliphatic carbocycles. The number of methoxy groups -OCH3 is 2. The summed E-state index contributed by atoms with van der Waals surface area (Å²) in [5, 5.41) is 2.35. The summed E-state index contributed by atoms with van der Waals surface area (Å²) in [5.74, 6) is 1.45. The van der Waals surface area contributed by atoms with Crippen molar-refractivity contribution in [1.29, 1.82) is 0 Å². The normalized spacial score (nSPS) is 11.9. The third-order valence-corrected chi connectivity index (χ3v) is 4.16. The Morgan fingerprint density at radius 3 is 1.35 bits per heavy atom. The number of sulfone groups is 1. The standard InChI is InChI=1S/C18H18O4S/c1-21-17-7-3-15(4-8-17)11-13-23(19,20)14-12-16-5-9-18(22-2)10-6-16/h3-14H,1-2H3. The topological polar surface area (TPSA) is 52.6 Å². The van der Waals surface area contributed by atoms with Gasteiger partial charge in [0.1, 0.15) is 11.5 Å². The van der Waals surface area contributed by atoms with Gasteiger partial charge in [-0.2, -0.15) is 0 Å². The van der Waals surface area contributed by atoms with Crippen LogP contribution in [0.15, 0.2) is 59.3 Å². The third kappa shape index (κ3) is 5.30. The predicted molar refractivity (Wildman–Crippen MR) is 93.0 cm³/mol. The summed E-state index contributed by atoms with van der Waals surface area (Å²) < 4.78 is 34.1. The van der Waals surface area contributed by atoms with Crippen LogP contribution in [0.4, 0.5) is 0 Å². The maximum Gasteiger partial charge on any atom is 0.193 e. The maximum absolute atomic E-state index is 12.0. The second-order valence-corrected chi connectivity index (χ2v) is 6.46. The minimum absolute atomic E-state index is 0.726. The Kier molecular flexibility index (Phi) is 5.60. The molecule has 0 aromatic heterocycles. The third-order valence-electron chi connectivity index (χ3n) is 3.13. The number of hydrogen-bond donors (Lipinski definition) is 0. The summed E-state index contributed by atoms with van der Waals surface area (Å²) >= 11 is 0. The van der Waals surface area contributed by atoms with Gasteiger partial charge in [-0.25, -0.2) is 8.42 Å². The van der Waals surface area contributed by atoms with Gasteiger partial charge in [-0.3, -0.25) is 0 Å². The fourth-order valence-corrected chi connectivity index (χ4v) is 2.61. The van der Waals surface area contributed by atoms with Crippen molar-refractivity contribution in [2.24, 2.45) is 0 Å². The predicted octanol–water partition coefficient (Wildman–Crippen LogP) is 3.76. The lowest BCUT2D eigenvalue weighted by Crippen LogP contribution is -1.88. The molecule has 0 radical (unpaired) electrons. The van der Waals surface area contributed by atoms with Crippen LogP contribution >= 0.6 is 0 Å². The van der Waals surface area contributed by atoms with E-state index in [2.05, 4.69) is 0 Å². The number of benzene rings is 2. The average Bonchev–Trinajstić information content (AvgIpc) is 2.59. The van der Waals surface area contributed by atoms with Crippen molar-refractivity contribution in [3.8, 4) is 11.5 Å². The summed E-state index contributed by atoms with van der Waals surface area (Å²) in [6, 6.07) is 14.3. The van der Waals surface area contributed by atoms with Crippen LogP contribution in [0.25, 0.3) is 12.2 Å². The van der Waals surface area contributed by atoms with Gasteiger partial charge in [-0.05, 0) is 47.5 Å². The first-order chi connectivity index (χ1) is 11.0. The molecular formula is C18H18O4S. The Morgan fingerprint density at radius 1 is 0.696 bits per heavy atom. The van der Waals surface area contributed by atoms with Crippen LogP contribution in [-0.4, -0.2) is 22.6 Å². The molecular weight excluding hydrogens is 312 g/mol. The molecule has 0 aliphatic rings. The van der Waals surface area contributed by atoms with E-state index in [0.717, 1.165) is 22.6 Å². The molecule has 0 saturated carbocycles. The van der Waals surface area contributed by atoms with E-state index in [1.807, 2.05) is 0 Å². The van der Waals surface area contributed by atoms with E-state index in [9.17, 15) is 8.42 Å². The highest BCUT2D eigenvalue weighted by Gasteiger charge is 2.00. The zero-order valence-electron chi connectivity index (χ0n) is 13.0. The highest BCUT2D eigenvalue weighted by Crippen LogP contribution is 2.15. The molecule has 0 spiro atoms. The van der Waals surface area contributed by atoms with E-state index >= 15 is 0 Å². The first-order valence-electron chi connectivity index (χ1n) is 6.92. The molecule has 0 heterocycles. The van der Waals surface area contributed by atoms with E-state index < -0.39 is 9.84 Å². The van der Waals surface area contributed by atoms with Gasteiger partial charge >= 0.3 is 0 Å². The van der Waals surface area contributed by atoms with Gasteiger partial charge in [0, 0.05) is 10.8 Å². The van der Waals surface area contributed by atoms with Crippen molar-refractivity contribution >= 4 is 22.0 Å². The molecule has 0 atom stereocenters. The van der Waals surface area contributed by atoms with Gasteiger partial charge in [0.2, 0.25) is 0 Å². The van der Waals surface area contributed by atoms with Crippen LogP contribution < -0.4 is 9.47 Å². The van der Waals surface area contributed by atoms with Gasteiger partial charge in [0.25, 0.3) is 0 Å². The van der Waals surface area contributed by atoms with E-state index in [0.29, 0.717) is 0 Å². The SMILES string of the molecule is COc1ccc(C=CS(=O)(=O)C=Cc2ccc(OC)cc2)cc1. The average molecular weight is 330 g/mol. The summed E-state index contributed by atoms with van der Waals surface area (Å²) in [6.45, 7) is 0. The summed E-state index contributed by atoms with van der Waals surface area (Å²) in [7, 11) is -0.268. The van der Waals surface area contributed by atoms with Gasteiger partial charge in [-0.1, -0.05) is 24.3 Å². The number of ether oxygens (including phenoxy) is 2. The quantitative estimate of drug-likeness (QED) is 0.809. The van der Waals surface area contributed by atoms with E-state index in [1.165, 1.54) is 10.8 Å².